The van der Waals surface area contributed by atoms with Crippen LogP contribution in [0.3, 0.4) is 0 Å². The van der Waals surface area contributed by atoms with Crippen molar-refractivity contribution < 1.29 is 23.6 Å². The van der Waals surface area contributed by atoms with Crippen LogP contribution in [0, 0.1) is 0 Å². The van der Waals surface area contributed by atoms with Crippen LogP contribution in [0.4, 0.5) is 0 Å². The van der Waals surface area contributed by atoms with Crippen LogP contribution in [-0.2, 0) is 9.84 Å². The fourth-order valence-electron chi connectivity index (χ4n) is 1.57. The predicted octanol–water partition coefficient (Wildman–Crippen LogP) is -1.37. The van der Waals surface area contributed by atoms with E-state index in [9.17, 15) is 18.3 Å². The maximum absolute atomic E-state index is 10.9. The van der Waals surface area contributed by atoms with Crippen LogP contribution in [0.1, 0.15) is 29.8 Å². The molecule has 1 aromatic rings. The number of nitrogens with two attached hydrogens (primary N) is 1. The SMILES string of the molecule is C1CC[NH2+]CC1.CS(=O)(=O)c1ncc(Cl)c(C(=O)[O-])n1. The number of hydrogen-bond donors (Lipinski definition) is 1. The molecule has 1 fully saturated rings. The Morgan fingerprint density at radius 2 is 1.95 bits per heavy atom. The highest BCUT2D eigenvalue weighted by Gasteiger charge is 2.14. The molecule has 7 nitrogen and oxygen atoms in total. The summed E-state index contributed by atoms with van der Waals surface area (Å²) in [5.41, 5.74) is -0.637. The minimum atomic E-state index is -3.65. The van der Waals surface area contributed by atoms with Crippen LogP contribution in [0.5, 0.6) is 0 Å². The highest BCUT2D eigenvalue weighted by Crippen LogP contribution is 2.13. The summed E-state index contributed by atoms with van der Waals surface area (Å²) in [6.07, 6.45) is 6.11. The third-order valence-corrected chi connectivity index (χ3v) is 3.70. The van der Waals surface area contributed by atoms with Crippen LogP contribution in [0.15, 0.2) is 11.4 Å². The number of aromatic carboxylic acids is 1. The molecule has 0 unspecified atom stereocenters. The van der Waals surface area contributed by atoms with Crippen molar-refractivity contribution in [3.8, 4) is 0 Å². The molecule has 0 aliphatic carbocycles. The molecule has 1 aromatic heterocycles. The van der Waals surface area contributed by atoms with Crippen molar-refractivity contribution in [1.29, 1.82) is 0 Å². The lowest BCUT2D eigenvalue weighted by Gasteiger charge is -2.05. The molecule has 2 heterocycles. The van der Waals surface area contributed by atoms with E-state index in [1.54, 1.807) is 0 Å². The van der Waals surface area contributed by atoms with Gasteiger partial charge in [-0.3, -0.25) is 0 Å². The van der Waals surface area contributed by atoms with Crippen molar-refractivity contribution in [2.75, 3.05) is 19.3 Å². The number of sulfone groups is 1. The molecule has 0 bridgehead atoms. The summed E-state index contributed by atoms with van der Waals surface area (Å²) < 4.78 is 21.9. The van der Waals surface area contributed by atoms with Gasteiger partial charge in [0.1, 0.15) is 5.69 Å². The zero-order valence-corrected chi connectivity index (χ0v) is 12.6. The van der Waals surface area contributed by atoms with Crippen molar-refractivity contribution in [1.82, 2.24) is 9.97 Å². The van der Waals surface area contributed by atoms with E-state index in [1.165, 1.54) is 32.4 Å². The standard InChI is InChI=1S/C6H5ClN2O4S.C5H11N/c1-14(12,13)6-8-2-3(7)4(9-6)5(10)11;1-2-4-6-5-3-1/h2H,1H3,(H,10,11);6H,1-5H2. The summed E-state index contributed by atoms with van der Waals surface area (Å²) in [5.74, 6) is -1.65. The second-order valence-electron chi connectivity index (χ2n) is 4.34. The molecule has 0 aromatic carbocycles. The van der Waals surface area contributed by atoms with Crippen LogP contribution in [0.2, 0.25) is 5.02 Å². The smallest absolute Gasteiger partial charge is 0.247 e. The average molecular weight is 322 g/mol. The number of aromatic nitrogens is 2. The summed E-state index contributed by atoms with van der Waals surface area (Å²) in [6, 6.07) is 0. The lowest BCUT2D eigenvalue weighted by atomic mass is 10.2. The van der Waals surface area contributed by atoms with Gasteiger partial charge in [0.25, 0.3) is 0 Å². The summed E-state index contributed by atoms with van der Waals surface area (Å²) in [7, 11) is -3.65. The van der Waals surface area contributed by atoms with Crippen molar-refractivity contribution >= 4 is 27.4 Å². The van der Waals surface area contributed by atoms with Gasteiger partial charge in [0.2, 0.25) is 15.0 Å². The third kappa shape index (κ3) is 5.40. The lowest BCUT2D eigenvalue weighted by molar-refractivity contribution is -0.662. The van der Waals surface area contributed by atoms with E-state index in [2.05, 4.69) is 15.3 Å². The fraction of sp³-hybridized carbons (Fsp3) is 0.545. The molecule has 20 heavy (non-hydrogen) atoms. The Labute approximate surface area is 122 Å². The maximum atomic E-state index is 10.9. The molecule has 1 aliphatic rings. The van der Waals surface area contributed by atoms with Gasteiger partial charge in [-0.05, 0) is 19.3 Å². The number of carboxylic acids is 1. The Hall–Kier alpha value is -1.25. The first-order chi connectivity index (χ1) is 9.32. The number of carbonyl (C=O) groups excluding carboxylic acids is 1. The maximum Gasteiger partial charge on any atom is 0.247 e. The quantitative estimate of drug-likeness (QED) is 0.672. The van der Waals surface area contributed by atoms with Crippen molar-refractivity contribution in [3.05, 3.63) is 16.9 Å². The highest BCUT2D eigenvalue weighted by atomic mass is 35.5. The highest BCUT2D eigenvalue weighted by molar-refractivity contribution is 7.90. The predicted molar refractivity (Wildman–Crippen MR) is 70.0 cm³/mol. The van der Waals surface area contributed by atoms with Crippen LogP contribution in [0.25, 0.3) is 0 Å². The Kier molecular flexibility index (Phi) is 6.31. The second kappa shape index (κ2) is 7.51. The van der Waals surface area contributed by atoms with Gasteiger partial charge in [-0.25, -0.2) is 18.4 Å². The molecule has 0 spiro atoms. The van der Waals surface area contributed by atoms with Gasteiger partial charge in [0.15, 0.2) is 0 Å². The number of hydrogen-bond acceptors (Lipinski definition) is 6. The van der Waals surface area contributed by atoms with E-state index in [4.69, 9.17) is 11.6 Å². The molecule has 1 aliphatic heterocycles. The molecule has 0 amide bonds. The lowest BCUT2D eigenvalue weighted by Crippen LogP contribution is -2.85. The van der Waals surface area contributed by atoms with E-state index < -0.39 is 26.7 Å². The molecule has 0 radical (unpaired) electrons. The van der Waals surface area contributed by atoms with Crippen LogP contribution >= 0.6 is 11.6 Å². The first-order valence-corrected chi connectivity index (χ1v) is 8.35. The Bertz CT molecular complexity index is 562. The number of carbonyl (C=O) groups is 1. The van der Waals surface area contributed by atoms with Crippen molar-refractivity contribution in [3.63, 3.8) is 0 Å². The van der Waals surface area contributed by atoms with Gasteiger partial charge >= 0.3 is 0 Å². The first-order valence-electron chi connectivity index (χ1n) is 6.08. The molecule has 0 saturated carbocycles. The fourth-order valence-corrected chi connectivity index (χ4v) is 2.24. The van der Waals surface area contributed by atoms with Crippen molar-refractivity contribution in [2.45, 2.75) is 24.4 Å². The molecule has 2 N–H and O–H groups in total. The van der Waals surface area contributed by atoms with E-state index >= 15 is 0 Å². The molecule has 9 heteroatoms. The number of quaternary nitrogens is 1. The number of halogens is 1. The number of piperidine rings is 1. The summed E-state index contributed by atoms with van der Waals surface area (Å²) in [5, 5.41) is 12.0. The minimum absolute atomic E-state index is 0.266. The summed E-state index contributed by atoms with van der Waals surface area (Å²) in [4.78, 5) is 17.0. The Morgan fingerprint density at radius 1 is 1.35 bits per heavy atom. The molecule has 0 atom stereocenters. The Balaban J connectivity index is 0.000000276. The van der Waals surface area contributed by atoms with Crippen molar-refractivity contribution in [2.24, 2.45) is 0 Å². The first kappa shape index (κ1) is 16.8. The molecular weight excluding hydrogens is 306 g/mol. The van der Waals surface area contributed by atoms with Gasteiger partial charge < -0.3 is 15.2 Å². The van der Waals surface area contributed by atoms with Gasteiger partial charge in [-0.1, -0.05) is 11.6 Å². The van der Waals surface area contributed by atoms with E-state index in [1.807, 2.05) is 0 Å². The van der Waals surface area contributed by atoms with Crippen LogP contribution < -0.4 is 10.4 Å². The monoisotopic (exact) mass is 321 g/mol. The molecule has 2 rings (SSSR count). The topological polar surface area (TPSA) is 117 Å². The second-order valence-corrected chi connectivity index (χ2v) is 6.65. The summed E-state index contributed by atoms with van der Waals surface area (Å²) >= 11 is 5.40. The van der Waals surface area contributed by atoms with E-state index in [-0.39, 0.29) is 5.02 Å². The molecule has 1 saturated heterocycles. The minimum Gasteiger partial charge on any atom is -0.543 e. The molecular formula is C11H16ClN3O4S. The normalized spacial score (nSPS) is 15.1. The van der Waals surface area contributed by atoms with Gasteiger partial charge in [0, 0.05) is 6.26 Å². The largest absolute Gasteiger partial charge is 0.543 e. The zero-order chi connectivity index (χ0) is 15.2. The van der Waals surface area contributed by atoms with Crippen LogP contribution in [-0.4, -0.2) is 43.7 Å². The molecule has 112 valence electrons. The average Bonchev–Trinajstić information content (AvgIpc) is 2.40. The van der Waals surface area contributed by atoms with E-state index in [0.29, 0.717) is 0 Å². The zero-order valence-electron chi connectivity index (χ0n) is 11.0. The van der Waals surface area contributed by atoms with E-state index in [0.717, 1.165) is 12.5 Å². The number of nitrogens with zero attached hydrogens (tertiary/aromatic N) is 2. The van der Waals surface area contributed by atoms with Gasteiger partial charge in [0.05, 0.1) is 30.3 Å². The third-order valence-electron chi connectivity index (χ3n) is 2.56. The number of carboxylic acid groups (broad SMARTS) is 1. The van der Waals surface area contributed by atoms with Gasteiger partial charge in [-0.2, -0.15) is 0 Å². The Morgan fingerprint density at radius 3 is 2.30 bits per heavy atom. The number of rotatable bonds is 2. The summed E-state index contributed by atoms with van der Waals surface area (Å²) in [6.45, 7) is 2.75. The van der Waals surface area contributed by atoms with Gasteiger partial charge in [-0.15, -0.1) is 0 Å².